The molecule has 3 aromatic rings. The van der Waals surface area contributed by atoms with E-state index in [0.717, 1.165) is 35.3 Å². The van der Waals surface area contributed by atoms with Gasteiger partial charge in [-0.1, -0.05) is 61.9 Å². The topological polar surface area (TPSA) is 24.9 Å². The third-order valence-electron chi connectivity index (χ3n) is 3.78. The van der Waals surface area contributed by atoms with Gasteiger partial charge in [0.15, 0.2) is 0 Å². The fourth-order valence-electron chi connectivity index (χ4n) is 2.74. The first-order valence-electron chi connectivity index (χ1n) is 7.49. The first kappa shape index (κ1) is 13.6. The summed E-state index contributed by atoms with van der Waals surface area (Å²) in [5, 5.41) is 4.51. The van der Waals surface area contributed by atoms with Gasteiger partial charge < -0.3 is 5.32 Å². The number of benzene rings is 2. The van der Waals surface area contributed by atoms with Crippen LogP contribution in [0.1, 0.15) is 18.9 Å². The van der Waals surface area contributed by atoms with Gasteiger partial charge in [-0.25, -0.2) is 4.98 Å². The fourth-order valence-corrected chi connectivity index (χ4v) is 2.74. The highest BCUT2D eigenvalue weighted by Gasteiger charge is 2.09. The van der Waals surface area contributed by atoms with E-state index in [0.29, 0.717) is 0 Å². The quantitative estimate of drug-likeness (QED) is 0.733. The largest absolute Gasteiger partial charge is 0.388 e. The smallest absolute Gasteiger partial charge is 0.0762 e. The summed E-state index contributed by atoms with van der Waals surface area (Å²) in [6, 6.07) is 18.9. The van der Waals surface area contributed by atoms with E-state index in [9.17, 15) is 0 Å². The lowest BCUT2D eigenvalue weighted by Gasteiger charge is -2.12. The maximum Gasteiger partial charge on any atom is 0.0762 e. The molecule has 1 heterocycles. The van der Waals surface area contributed by atoms with Gasteiger partial charge in [-0.15, -0.1) is 0 Å². The van der Waals surface area contributed by atoms with E-state index in [1.165, 1.54) is 10.9 Å². The van der Waals surface area contributed by atoms with Crippen LogP contribution in [-0.2, 0) is 6.42 Å². The lowest BCUT2D eigenvalue weighted by Crippen LogP contribution is -1.97. The summed E-state index contributed by atoms with van der Waals surface area (Å²) in [5.74, 6) is 0. The third-order valence-corrected chi connectivity index (χ3v) is 3.78. The van der Waals surface area contributed by atoms with Crippen LogP contribution in [0.15, 0.2) is 54.6 Å². The molecule has 0 amide bonds. The molecule has 3 rings (SSSR count). The number of nitrogens with one attached hydrogen (secondary N) is 1. The zero-order valence-electron chi connectivity index (χ0n) is 12.6. The van der Waals surface area contributed by atoms with E-state index in [4.69, 9.17) is 4.98 Å². The Balaban J connectivity index is 2.26. The molecule has 0 aliphatic carbocycles. The summed E-state index contributed by atoms with van der Waals surface area (Å²) in [5.41, 5.74) is 5.75. The predicted molar refractivity (Wildman–Crippen MR) is 90.7 cm³/mol. The van der Waals surface area contributed by atoms with Gasteiger partial charge in [0.1, 0.15) is 0 Å². The fraction of sp³-hybridized carbons (Fsp3) is 0.211. The second-order valence-corrected chi connectivity index (χ2v) is 5.23. The van der Waals surface area contributed by atoms with Crippen molar-refractivity contribution in [1.82, 2.24) is 4.98 Å². The van der Waals surface area contributed by atoms with Gasteiger partial charge in [0, 0.05) is 23.7 Å². The predicted octanol–water partition coefficient (Wildman–Crippen LogP) is 4.90. The average Bonchev–Trinajstić information content (AvgIpc) is 2.55. The zero-order valence-corrected chi connectivity index (χ0v) is 12.6. The van der Waals surface area contributed by atoms with Crippen LogP contribution < -0.4 is 5.32 Å². The highest BCUT2D eigenvalue weighted by Crippen LogP contribution is 2.30. The van der Waals surface area contributed by atoms with Crippen molar-refractivity contribution in [2.24, 2.45) is 0 Å². The second kappa shape index (κ2) is 5.96. The number of fused-ring (bicyclic) bond motifs is 1. The average molecular weight is 276 g/mol. The molecular weight excluding hydrogens is 256 g/mol. The molecular formula is C19H20N2. The monoisotopic (exact) mass is 276 g/mol. The Morgan fingerprint density at radius 2 is 1.81 bits per heavy atom. The van der Waals surface area contributed by atoms with Crippen LogP contribution in [0.25, 0.3) is 22.2 Å². The van der Waals surface area contributed by atoms with Crippen LogP contribution >= 0.6 is 0 Å². The van der Waals surface area contributed by atoms with Gasteiger partial charge in [0.2, 0.25) is 0 Å². The van der Waals surface area contributed by atoms with E-state index >= 15 is 0 Å². The molecule has 21 heavy (non-hydrogen) atoms. The molecule has 0 radical (unpaired) electrons. The molecule has 106 valence electrons. The number of hydrogen-bond donors (Lipinski definition) is 1. The second-order valence-electron chi connectivity index (χ2n) is 5.23. The van der Waals surface area contributed by atoms with Crippen LogP contribution in [0.4, 0.5) is 5.69 Å². The minimum atomic E-state index is 1.02. The first-order valence-corrected chi connectivity index (χ1v) is 7.49. The molecule has 0 saturated carbocycles. The van der Waals surface area contributed by atoms with Crippen molar-refractivity contribution in [3.63, 3.8) is 0 Å². The van der Waals surface area contributed by atoms with Crippen molar-refractivity contribution in [3.05, 3.63) is 60.2 Å². The van der Waals surface area contributed by atoms with E-state index in [2.05, 4.69) is 60.8 Å². The normalized spacial score (nSPS) is 10.8. The van der Waals surface area contributed by atoms with Gasteiger partial charge >= 0.3 is 0 Å². The van der Waals surface area contributed by atoms with Crippen molar-refractivity contribution < 1.29 is 0 Å². The van der Waals surface area contributed by atoms with Gasteiger partial charge in [-0.3, -0.25) is 0 Å². The zero-order chi connectivity index (χ0) is 14.7. The Labute approximate surface area is 125 Å². The lowest BCUT2D eigenvalue weighted by molar-refractivity contribution is 0.926. The highest BCUT2D eigenvalue weighted by atomic mass is 14.8. The number of rotatable bonds is 4. The Bertz CT molecular complexity index is 748. The summed E-state index contributed by atoms with van der Waals surface area (Å²) in [6.45, 7) is 2.21. The molecule has 0 aliphatic heterocycles. The Kier molecular flexibility index (Phi) is 3.87. The van der Waals surface area contributed by atoms with Crippen LogP contribution in [0.2, 0.25) is 0 Å². The van der Waals surface area contributed by atoms with E-state index < -0.39 is 0 Å². The molecule has 2 heteroatoms. The molecule has 0 atom stereocenters. The van der Waals surface area contributed by atoms with Gasteiger partial charge in [-0.2, -0.15) is 0 Å². The standard InChI is InChI=1S/C19H20N2/c1-3-8-15-11-7-12-16-18(20-2)13-17(21-19(15)16)14-9-5-4-6-10-14/h4-7,9-13H,3,8H2,1-2H3,(H,20,21). The molecule has 0 fully saturated rings. The number of nitrogens with zero attached hydrogens (tertiary/aromatic N) is 1. The molecule has 1 N–H and O–H groups in total. The minimum Gasteiger partial charge on any atom is -0.388 e. The molecule has 2 aromatic carbocycles. The molecule has 0 aliphatic rings. The van der Waals surface area contributed by atoms with Crippen LogP contribution in [0.3, 0.4) is 0 Å². The lowest BCUT2D eigenvalue weighted by atomic mass is 10.0. The highest BCUT2D eigenvalue weighted by molar-refractivity contribution is 5.95. The molecule has 0 unspecified atom stereocenters. The first-order chi connectivity index (χ1) is 10.3. The SMILES string of the molecule is CCCc1cccc2c(NC)cc(-c3ccccc3)nc12. The molecule has 0 bridgehead atoms. The molecule has 0 saturated heterocycles. The summed E-state index contributed by atoms with van der Waals surface area (Å²) in [6.07, 6.45) is 2.19. The minimum absolute atomic E-state index is 1.02. The summed E-state index contributed by atoms with van der Waals surface area (Å²) >= 11 is 0. The van der Waals surface area contributed by atoms with E-state index in [1.54, 1.807) is 0 Å². The summed E-state index contributed by atoms with van der Waals surface area (Å²) in [7, 11) is 1.97. The summed E-state index contributed by atoms with van der Waals surface area (Å²) in [4.78, 5) is 4.93. The van der Waals surface area contributed by atoms with Crippen molar-refractivity contribution in [3.8, 4) is 11.3 Å². The number of aromatic nitrogens is 1. The Morgan fingerprint density at radius 1 is 1.00 bits per heavy atom. The maximum atomic E-state index is 4.93. The number of anilines is 1. The van der Waals surface area contributed by atoms with Crippen LogP contribution in [0, 0.1) is 0 Å². The number of para-hydroxylation sites is 1. The molecule has 0 spiro atoms. The third kappa shape index (κ3) is 2.62. The van der Waals surface area contributed by atoms with Crippen molar-refractivity contribution in [1.29, 1.82) is 0 Å². The van der Waals surface area contributed by atoms with Crippen LogP contribution in [-0.4, -0.2) is 12.0 Å². The van der Waals surface area contributed by atoms with E-state index in [1.807, 2.05) is 13.1 Å². The Hall–Kier alpha value is -2.35. The molecule has 2 nitrogen and oxygen atoms in total. The maximum absolute atomic E-state index is 4.93. The van der Waals surface area contributed by atoms with Gasteiger partial charge in [0.05, 0.1) is 11.2 Å². The summed E-state index contributed by atoms with van der Waals surface area (Å²) < 4.78 is 0. The molecule has 1 aromatic heterocycles. The number of pyridine rings is 1. The number of hydrogen-bond acceptors (Lipinski definition) is 2. The number of aryl methyl sites for hydroxylation is 1. The van der Waals surface area contributed by atoms with Crippen molar-refractivity contribution in [2.45, 2.75) is 19.8 Å². The van der Waals surface area contributed by atoms with Gasteiger partial charge in [-0.05, 0) is 18.1 Å². The Morgan fingerprint density at radius 3 is 2.52 bits per heavy atom. The van der Waals surface area contributed by atoms with Crippen LogP contribution in [0.5, 0.6) is 0 Å². The van der Waals surface area contributed by atoms with Gasteiger partial charge in [0.25, 0.3) is 0 Å². The van der Waals surface area contributed by atoms with Crippen molar-refractivity contribution >= 4 is 16.6 Å². The van der Waals surface area contributed by atoms with Crippen molar-refractivity contribution in [2.75, 3.05) is 12.4 Å². The van der Waals surface area contributed by atoms with E-state index in [-0.39, 0.29) is 0 Å².